The normalized spacial score (nSPS) is 14.3. The van der Waals surface area contributed by atoms with Gasteiger partial charge < -0.3 is 20.3 Å². The second-order valence-electron chi connectivity index (χ2n) is 5.21. The van der Waals surface area contributed by atoms with Crippen LogP contribution < -0.4 is 15.2 Å². The maximum absolute atomic E-state index is 10.1. The summed E-state index contributed by atoms with van der Waals surface area (Å²) in [5.74, 6) is 1.92. The molecule has 0 aromatic heterocycles. The fraction of sp³-hybridized carbons (Fsp3) is 0.600. The minimum Gasteiger partial charge on any atom is -0.497 e. The van der Waals surface area contributed by atoms with Crippen molar-refractivity contribution >= 4 is 0 Å². The molecule has 4 nitrogen and oxygen atoms in total. The molecule has 2 atom stereocenters. The predicted molar refractivity (Wildman–Crippen MR) is 76.6 cm³/mol. The van der Waals surface area contributed by atoms with Gasteiger partial charge in [-0.05, 0) is 36.5 Å². The topological polar surface area (TPSA) is 64.7 Å². The monoisotopic (exact) mass is 267 g/mol. The van der Waals surface area contributed by atoms with E-state index in [4.69, 9.17) is 15.2 Å². The van der Waals surface area contributed by atoms with E-state index in [2.05, 4.69) is 13.8 Å². The Morgan fingerprint density at radius 3 is 2.00 bits per heavy atom. The molecule has 0 saturated carbocycles. The van der Waals surface area contributed by atoms with E-state index in [-0.39, 0.29) is 0 Å². The molecule has 1 aromatic rings. The first-order chi connectivity index (χ1) is 8.97. The van der Waals surface area contributed by atoms with Crippen molar-refractivity contribution in [1.82, 2.24) is 0 Å². The summed E-state index contributed by atoms with van der Waals surface area (Å²) in [7, 11) is 3.19. The molecule has 0 heterocycles. The van der Waals surface area contributed by atoms with Crippen molar-refractivity contribution in [2.45, 2.75) is 38.8 Å². The molecule has 0 radical (unpaired) electrons. The number of rotatable bonds is 7. The van der Waals surface area contributed by atoms with E-state index in [0.29, 0.717) is 23.8 Å². The van der Waals surface area contributed by atoms with Crippen molar-refractivity contribution in [2.24, 2.45) is 11.7 Å². The Balaban J connectivity index is 2.82. The highest BCUT2D eigenvalue weighted by Gasteiger charge is 2.18. The molecule has 0 bridgehead atoms. The van der Waals surface area contributed by atoms with Crippen LogP contribution in [0.25, 0.3) is 0 Å². The van der Waals surface area contributed by atoms with Gasteiger partial charge in [0.05, 0.1) is 26.4 Å². The highest BCUT2D eigenvalue weighted by Crippen LogP contribution is 2.28. The summed E-state index contributed by atoms with van der Waals surface area (Å²) < 4.78 is 10.4. The highest BCUT2D eigenvalue weighted by atomic mass is 16.5. The molecule has 1 rings (SSSR count). The van der Waals surface area contributed by atoms with E-state index < -0.39 is 12.1 Å². The third-order valence-corrected chi connectivity index (χ3v) is 3.21. The van der Waals surface area contributed by atoms with Gasteiger partial charge in [-0.15, -0.1) is 0 Å². The number of ether oxygens (including phenoxy) is 2. The first kappa shape index (κ1) is 15.8. The maximum Gasteiger partial charge on any atom is 0.122 e. The first-order valence-corrected chi connectivity index (χ1v) is 6.64. The van der Waals surface area contributed by atoms with E-state index in [1.807, 2.05) is 12.1 Å². The van der Waals surface area contributed by atoms with E-state index >= 15 is 0 Å². The van der Waals surface area contributed by atoms with Crippen molar-refractivity contribution < 1.29 is 14.6 Å². The summed E-state index contributed by atoms with van der Waals surface area (Å²) in [6.07, 6.45) is 1.09. The van der Waals surface area contributed by atoms with E-state index in [1.54, 1.807) is 20.3 Å². The Hall–Kier alpha value is -1.26. The molecule has 4 heteroatoms. The Kier molecular flexibility index (Phi) is 6.12. The molecular weight excluding hydrogens is 242 g/mol. The van der Waals surface area contributed by atoms with Gasteiger partial charge >= 0.3 is 0 Å². The van der Waals surface area contributed by atoms with Crippen LogP contribution >= 0.6 is 0 Å². The smallest absolute Gasteiger partial charge is 0.122 e. The quantitative estimate of drug-likeness (QED) is 0.796. The van der Waals surface area contributed by atoms with Gasteiger partial charge in [-0.3, -0.25) is 0 Å². The van der Waals surface area contributed by atoms with Crippen LogP contribution in [0, 0.1) is 5.92 Å². The lowest BCUT2D eigenvalue weighted by molar-refractivity contribution is 0.128. The van der Waals surface area contributed by atoms with E-state index in [9.17, 15) is 5.11 Å². The fourth-order valence-electron chi connectivity index (χ4n) is 1.93. The molecule has 0 spiro atoms. The molecule has 3 N–H and O–H groups in total. The molecule has 19 heavy (non-hydrogen) atoms. The van der Waals surface area contributed by atoms with Gasteiger partial charge in [0.2, 0.25) is 0 Å². The number of hydrogen-bond acceptors (Lipinski definition) is 4. The van der Waals surface area contributed by atoms with Gasteiger partial charge in [0.25, 0.3) is 0 Å². The lowest BCUT2D eigenvalue weighted by Gasteiger charge is -2.21. The molecule has 108 valence electrons. The van der Waals surface area contributed by atoms with Gasteiger partial charge in [0, 0.05) is 6.07 Å². The van der Waals surface area contributed by atoms with Gasteiger partial charge in [0.15, 0.2) is 0 Å². The zero-order chi connectivity index (χ0) is 14.4. The zero-order valence-electron chi connectivity index (χ0n) is 12.2. The van der Waals surface area contributed by atoms with Crippen LogP contribution in [0.15, 0.2) is 18.2 Å². The number of aliphatic hydroxyl groups is 1. The van der Waals surface area contributed by atoms with Crippen molar-refractivity contribution in [1.29, 1.82) is 0 Å². The average molecular weight is 267 g/mol. The third kappa shape index (κ3) is 4.73. The van der Waals surface area contributed by atoms with Crippen molar-refractivity contribution in [2.75, 3.05) is 14.2 Å². The summed E-state index contributed by atoms with van der Waals surface area (Å²) >= 11 is 0. The highest BCUT2D eigenvalue weighted by molar-refractivity contribution is 5.40. The summed E-state index contributed by atoms with van der Waals surface area (Å²) in [4.78, 5) is 0. The number of benzene rings is 1. The Bertz CT molecular complexity index is 371. The van der Waals surface area contributed by atoms with Crippen LogP contribution in [0.2, 0.25) is 0 Å². The summed E-state index contributed by atoms with van der Waals surface area (Å²) in [6.45, 7) is 4.26. The molecule has 0 unspecified atom stereocenters. The number of methoxy groups -OCH3 is 2. The molecule has 0 aliphatic heterocycles. The SMILES string of the molecule is COc1cc(OC)cc([C@@H](N)[C@@H](O)CCC(C)C)c1. The van der Waals surface area contributed by atoms with Crippen LogP contribution in [0.5, 0.6) is 11.5 Å². The standard InChI is InChI=1S/C15H25NO3/c1-10(2)5-6-14(17)15(16)11-7-12(18-3)9-13(8-11)19-4/h7-10,14-15,17H,5-6,16H2,1-4H3/t14-,15+/m0/s1. The number of aliphatic hydroxyl groups excluding tert-OH is 1. The molecule has 0 aliphatic rings. The summed E-state index contributed by atoms with van der Waals surface area (Å²) in [6, 6.07) is 5.04. The van der Waals surface area contributed by atoms with Crippen LogP contribution in [0.3, 0.4) is 0 Å². The molecule has 1 aromatic carbocycles. The first-order valence-electron chi connectivity index (χ1n) is 6.64. The second kappa shape index (κ2) is 7.36. The molecular formula is C15H25NO3. The maximum atomic E-state index is 10.1. The Morgan fingerprint density at radius 1 is 1.05 bits per heavy atom. The lowest BCUT2D eigenvalue weighted by Crippen LogP contribution is -2.26. The largest absolute Gasteiger partial charge is 0.497 e. The molecule has 0 saturated heterocycles. The average Bonchev–Trinajstić information content (AvgIpc) is 2.42. The van der Waals surface area contributed by atoms with Crippen molar-refractivity contribution in [3.63, 3.8) is 0 Å². The van der Waals surface area contributed by atoms with Gasteiger partial charge in [-0.25, -0.2) is 0 Å². The molecule has 0 aliphatic carbocycles. The van der Waals surface area contributed by atoms with Gasteiger partial charge in [-0.2, -0.15) is 0 Å². The minimum atomic E-state index is -0.556. The van der Waals surface area contributed by atoms with Gasteiger partial charge in [-0.1, -0.05) is 13.8 Å². The van der Waals surface area contributed by atoms with E-state index in [0.717, 1.165) is 12.0 Å². The van der Waals surface area contributed by atoms with Crippen LogP contribution in [-0.4, -0.2) is 25.4 Å². The second-order valence-corrected chi connectivity index (χ2v) is 5.21. The zero-order valence-corrected chi connectivity index (χ0v) is 12.2. The van der Waals surface area contributed by atoms with Gasteiger partial charge in [0.1, 0.15) is 11.5 Å². The van der Waals surface area contributed by atoms with E-state index in [1.165, 1.54) is 0 Å². The number of hydrogen-bond donors (Lipinski definition) is 2. The third-order valence-electron chi connectivity index (χ3n) is 3.21. The van der Waals surface area contributed by atoms with Crippen LogP contribution in [0.1, 0.15) is 38.3 Å². The Morgan fingerprint density at radius 2 is 1.58 bits per heavy atom. The molecule has 0 fully saturated rings. The summed E-state index contributed by atoms with van der Waals surface area (Å²) in [5.41, 5.74) is 6.94. The Labute approximate surface area is 115 Å². The summed E-state index contributed by atoms with van der Waals surface area (Å²) in [5, 5.41) is 10.1. The van der Waals surface area contributed by atoms with Crippen LogP contribution in [-0.2, 0) is 0 Å². The van der Waals surface area contributed by atoms with Crippen molar-refractivity contribution in [3.8, 4) is 11.5 Å². The lowest BCUT2D eigenvalue weighted by atomic mass is 9.96. The minimum absolute atomic E-state index is 0.428. The predicted octanol–water partition coefficient (Wildman–Crippen LogP) is 2.50. The van der Waals surface area contributed by atoms with Crippen molar-refractivity contribution in [3.05, 3.63) is 23.8 Å². The fourth-order valence-corrected chi connectivity index (χ4v) is 1.93. The number of nitrogens with two attached hydrogens (primary N) is 1. The van der Waals surface area contributed by atoms with Crippen LogP contribution in [0.4, 0.5) is 0 Å². The molecule has 0 amide bonds.